The predicted molar refractivity (Wildman–Crippen MR) is 188 cm³/mol. The zero-order valence-electron chi connectivity index (χ0n) is 27.9. The van der Waals surface area contributed by atoms with Crippen molar-refractivity contribution in [3.8, 4) is 16.9 Å². The summed E-state index contributed by atoms with van der Waals surface area (Å²) in [6.07, 6.45) is 2.13. The zero-order chi connectivity index (χ0) is 35.8. The molecule has 13 heteroatoms. The van der Waals surface area contributed by atoms with Crippen LogP contribution in [0.4, 0.5) is 13.6 Å². The average molecular weight is 733 g/mol. The van der Waals surface area contributed by atoms with Crippen molar-refractivity contribution in [3.05, 3.63) is 81.7 Å². The van der Waals surface area contributed by atoms with E-state index in [0.717, 1.165) is 29.7 Å². The van der Waals surface area contributed by atoms with E-state index in [4.69, 9.17) is 16.3 Å². The minimum Gasteiger partial charge on any atom is -0.496 e. The number of carbonyl (C=O) groups is 2. The standard InChI is InChI=1S/C36H39ClF2N2O6S2/c1-36(2,3)20-41(35(43)44)25-12-10-24(11-13-25)40(34(42)33-31(37)30-27(38)14-15-28(39)32(30)48-33)19-23-17-22(9-16-29(23)47-4)21-7-6-8-26(18-21)49(5,45)46/h6-9,14-18,24-25H,10-13,19-20H2,1-5H3,(H,43,44). The van der Waals surface area contributed by atoms with E-state index in [2.05, 4.69) is 0 Å². The normalized spacial score (nSPS) is 16.8. The highest BCUT2D eigenvalue weighted by atomic mass is 35.5. The van der Waals surface area contributed by atoms with Gasteiger partial charge < -0.3 is 19.6 Å². The number of carbonyl (C=O) groups excluding carboxylic acids is 1. The first kappa shape index (κ1) is 36.5. The smallest absolute Gasteiger partial charge is 0.407 e. The first-order valence-electron chi connectivity index (χ1n) is 15.8. The fourth-order valence-corrected chi connectivity index (χ4v) is 8.62. The molecule has 1 heterocycles. The van der Waals surface area contributed by atoms with E-state index >= 15 is 0 Å². The van der Waals surface area contributed by atoms with Crippen molar-refractivity contribution < 1.29 is 36.6 Å². The maximum atomic E-state index is 14.8. The molecule has 1 aliphatic carbocycles. The van der Waals surface area contributed by atoms with Crippen LogP contribution in [0.25, 0.3) is 21.2 Å². The fraction of sp³-hybridized carbons (Fsp3) is 0.389. The van der Waals surface area contributed by atoms with Crippen molar-refractivity contribution in [1.29, 1.82) is 0 Å². The Kier molecular flexibility index (Phi) is 10.6. The number of hydrogen-bond donors (Lipinski definition) is 1. The van der Waals surface area contributed by atoms with Crippen molar-refractivity contribution in [2.45, 2.75) is 70.0 Å². The third-order valence-corrected chi connectivity index (χ3v) is 11.6. The number of fused-ring (bicyclic) bond motifs is 1. The second-order valence-corrected chi connectivity index (χ2v) is 17.1. The van der Waals surface area contributed by atoms with E-state index < -0.39 is 33.5 Å². The molecule has 0 radical (unpaired) electrons. The van der Waals surface area contributed by atoms with Crippen molar-refractivity contribution in [3.63, 3.8) is 0 Å². The maximum Gasteiger partial charge on any atom is 0.407 e. The summed E-state index contributed by atoms with van der Waals surface area (Å²) in [4.78, 5) is 30.0. The van der Waals surface area contributed by atoms with Crippen LogP contribution in [-0.2, 0) is 16.4 Å². The van der Waals surface area contributed by atoms with Gasteiger partial charge >= 0.3 is 6.09 Å². The molecule has 0 aliphatic heterocycles. The molecule has 0 saturated heterocycles. The van der Waals surface area contributed by atoms with E-state index in [0.29, 0.717) is 54.7 Å². The molecular weight excluding hydrogens is 694 g/mol. The van der Waals surface area contributed by atoms with Gasteiger partial charge in [0.1, 0.15) is 22.3 Å². The number of thiophene rings is 1. The van der Waals surface area contributed by atoms with Crippen LogP contribution in [0.2, 0.25) is 5.02 Å². The number of sulfone groups is 1. The second kappa shape index (κ2) is 14.2. The molecule has 1 N–H and O–H groups in total. The second-order valence-electron chi connectivity index (χ2n) is 13.7. The Morgan fingerprint density at radius 3 is 2.14 bits per heavy atom. The molecule has 8 nitrogen and oxygen atoms in total. The largest absolute Gasteiger partial charge is 0.496 e. The van der Waals surface area contributed by atoms with Crippen LogP contribution in [0.5, 0.6) is 5.75 Å². The lowest BCUT2D eigenvalue weighted by atomic mass is 9.87. The summed E-state index contributed by atoms with van der Waals surface area (Å²) in [5.74, 6) is -1.45. The molecule has 0 spiro atoms. The molecule has 0 bridgehead atoms. The van der Waals surface area contributed by atoms with Gasteiger partial charge in [-0.05, 0) is 78.6 Å². The van der Waals surface area contributed by atoms with Gasteiger partial charge in [-0.3, -0.25) is 4.79 Å². The lowest BCUT2D eigenvalue weighted by molar-refractivity contribution is 0.0492. The number of rotatable bonds is 9. The van der Waals surface area contributed by atoms with Crippen molar-refractivity contribution in [2.24, 2.45) is 5.41 Å². The topological polar surface area (TPSA) is 104 Å². The summed E-state index contributed by atoms with van der Waals surface area (Å²) < 4.78 is 59.8. The lowest BCUT2D eigenvalue weighted by Gasteiger charge is -2.41. The maximum absolute atomic E-state index is 14.8. The van der Waals surface area contributed by atoms with E-state index in [-0.39, 0.29) is 48.9 Å². The summed E-state index contributed by atoms with van der Waals surface area (Å²) in [6.45, 7) is 6.34. The van der Waals surface area contributed by atoms with Gasteiger partial charge in [0.05, 0.1) is 27.1 Å². The number of ether oxygens (including phenoxy) is 1. The first-order valence-corrected chi connectivity index (χ1v) is 18.9. The number of halogens is 3. The third-order valence-electron chi connectivity index (χ3n) is 8.79. The summed E-state index contributed by atoms with van der Waals surface area (Å²) in [7, 11) is -1.96. The zero-order valence-corrected chi connectivity index (χ0v) is 30.3. The number of benzene rings is 3. The van der Waals surface area contributed by atoms with Gasteiger partial charge in [-0.1, -0.05) is 50.6 Å². The van der Waals surface area contributed by atoms with Crippen LogP contribution in [0.15, 0.2) is 59.5 Å². The monoisotopic (exact) mass is 732 g/mol. The van der Waals surface area contributed by atoms with Crippen LogP contribution in [-0.4, -0.2) is 67.3 Å². The number of methoxy groups -OCH3 is 1. The quantitative estimate of drug-likeness (QED) is 0.184. The van der Waals surface area contributed by atoms with Crippen LogP contribution < -0.4 is 4.74 Å². The van der Waals surface area contributed by atoms with Crippen molar-refractivity contribution >= 4 is 54.9 Å². The summed E-state index contributed by atoms with van der Waals surface area (Å²) >= 11 is 7.40. The third kappa shape index (κ3) is 8.02. The minimum absolute atomic E-state index is 0.00124. The van der Waals surface area contributed by atoms with Crippen LogP contribution in [0, 0.1) is 17.0 Å². The first-order chi connectivity index (χ1) is 23.0. The molecule has 3 aromatic carbocycles. The lowest BCUT2D eigenvalue weighted by Crippen LogP contribution is -2.49. The van der Waals surface area contributed by atoms with Gasteiger partial charge in [0.25, 0.3) is 5.91 Å². The number of amides is 2. The molecule has 2 amide bonds. The van der Waals surface area contributed by atoms with Crippen LogP contribution in [0.3, 0.4) is 0 Å². The van der Waals surface area contributed by atoms with Gasteiger partial charge in [0.15, 0.2) is 9.84 Å². The molecule has 4 aromatic rings. The highest BCUT2D eigenvalue weighted by Crippen LogP contribution is 2.41. The summed E-state index contributed by atoms with van der Waals surface area (Å²) in [5.41, 5.74) is 1.72. The SMILES string of the molecule is COc1ccc(-c2cccc(S(C)(=O)=O)c2)cc1CN(C(=O)c1sc2c(F)ccc(F)c2c1Cl)C1CCC(N(CC(C)(C)C)C(=O)O)CC1. The molecule has 1 aliphatic rings. The highest BCUT2D eigenvalue weighted by Gasteiger charge is 2.36. The predicted octanol–water partition coefficient (Wildman–Crippen LogP) is 8.89. The molecular formula is C36H39ClF2N2O6S2. The van der Waals surface area contributed by atoms with E-state index in [9.17, 15) is 31.9 Å². The average Bonchev–Trinajstić information content (AvgIpc) is 3.41. The number of nitrogens with zero attached hydrogens (tertiary/aromatic N) is 2. The molecule has 49 heavy (non-hydrogen) atoms. The number of hydrogen-bond acceptors (Lipinski definition) is 6. The Bertz CT molecular complexity index is 2000. The minimum atomic E-state index is -3.46. The van der Waals surface area contributed by atoms with Crippen molar-refractivity contribution in [2.75, 3.05) is 19.9 Å². The van der Waals surface area contributed by atoms with Gasteiger partial charge in [0.2, 0.25) is 0 Å². The van der Waals surface area contributed by atoms with E-state index in [1.807, 2.05) is 26.8 Å². The van der Waals surface area contributed by atoms with Crippen LogP contribution >= 0.6 is 22.9 Å². The van der Waals surface area contributed by atoms with Gasteiger partial charge in [-0.15, -0.1) is 11.3 Å². The highest BCUT2D eigenvalue weighted by molar-refractivity contribution is 7.90. The molecule has 1 fully saturated rings. The van der Waals surface area contributed by atoms with Crippen molar-refractivity contribution in [1.82, 2.24) is 9.80 Å². The Morgan fingerprint density at radius 1 is 0.959 bits per heavy atom. The van der Waals surface area contributed by atoms with Gasteiger partial charge in [0, 0.05) is 37.0 Å². The molecule has 0 unspecified atom stereocenters. The Labute approximate surface area is 294 Å². The molecule has 262 valence electrons. The fourth-order valence-electron chi connectivity index (χ4n) is 6.45. The Balaban J connectivity index is 1.54. The molecule has 1 saturated carbocycles. The van der Waals surface area contributed by atoms with Gasteiger partial charge in [-0.2, -0.15) is 0 Å². The Morgan fingerprint density at radius 2 is 1.57 bits per heavy atom. The molecule has 1 aromatic heterocycles. The molecule has 5 rings (SSSR count). The summed E-state index contributed by atoms with van der Waals surface area (Å²) in [6, 6.07) is 13.3. The van der Waals surface area contributed by atoms with E-state index in [1.54, 1.807) is 35.2 Å². The molecule has 0 atom stereocenters. The summed E-state index contributed by atoms with van der Waals surface area (Å²) in [5, 5.41) is 9.70. The number of carboxylic acid groups (broad SMARTS) is 1. The van der Waals surface area contributed by atoms with Gasteiger partial charge in [-0.25, -0.2) is 22.0 Å². The Hall–Kier alpha value is -3.74. The van der Waals surface area contributed by atoms with Crippen LogP contribution in [0.1, 0.15) is 61.7 Å². The van der Waals surface area contributed by atoms with E-state index in [1.165, 1.54) is 18.1 Å².